The van der Waals surface area contributed by atoms with Crippen LogP contribution >= 0.6 is 0 Å². The lowest BCUT2D eigenvalue weighted by Gasteiger charge is -2.31. The third-order valence-corrected chi connectivity index (χ3v) is 3.86. The van der Waals surface area contributed by atoms with Crippen LogP contribution in [0, 0.1) is 12.7 Å². The summed E-state index contributed by atoms with van der Waals surface area (Å²) in [6.07, 6.45) is 3.34. The number of amides is 1. The molecule has 0 saturated carbocycles. The maximum absolute atomic E-state index is 13.8. The Morgan fingerprint density at radius 1 is 1.45 bits per heavy atom. The van der Waals surface area contributed by atoms with Gasteiger partial charge in [-0.3, -0.25) is 4.79 Å². The summed E-state index contributed by atoms with van der Waals surface area (Å²) in [6.45, 7) is 6.70. The average Bonchev–Trinajstić information content (AvgIpc) is 2.48. The van der Waals surface area contributed by atoms with Crippen molar-refractivity contribution in [1.29, 1.82) is 0 Å². The van der Waals surface area contributed by atoms with Crippen LogP contribution in [0.2, 0.25) is 0 Å². The highest BCUT2D eigenvalue weighted by molar-refractivity contribution is 5.96. The first-order valence-corrected chi connectivity index (χ1v) is 6.81. The Labute approximate surface area is 119 Å². The molecule has 0 spiro atoms. The van der Waals surface area contributed by atoms with Crippen molar-refractivity contribution in [3.63, 3.8) is 0 Å². The molecule has 0 N–H and O–H groups in total. The molecule has 0 aromatic heterocycles. The third-order valence-electron chi connectivity index (χ3n) is 3.86. The number of benzene rings is 1. The van der Waals surface area contributed by atoms with Crippen LogP contribution in [0.4, 0.5) is 4.39 Å². The van der Waals surface area contributed by atoms with Crippen molar-refractivity contribution in [2.45, 2.75) is 25.9 Å². The van der Waals surface area contributed by atoms with Crippen molar-refractivity contribution in [1.82, 2.24) is 4.90 Å². The van der Waals surface area contributed by atoms with Gasteiger partial charge in [0.2, 0.25) is 0 Å². The smallest absolute Gasteiger partial charge is 0.254 e. The number of likely N-dealkylation sites (tertiary alicyclic amines) is 1. The number of hydrogen-bond acceptors (Lipinski definition) is 2. The van der Waals surface area contributed by atoms with Gasteiger partial charge < -0.3 is 9.64 Å². The van der Waals surface area contributed by atoms with Crippen LogP contribution in [0.25, 0.3) is 6.08 Å². The molecular formula is C16H20FNO2. The molecule has 1 aliphatic heterocycles. The van der Waals surface area contributed by atoms with Gasteiger partial charge in [-0.05, 0) is 37.5 Å². The highest BCUT2D eigenvalue weighted by Gasteiger charge is 2.24. The molecule has 2 rings (SSSR count). The van der Waals surface area contributed by atoms with Crippen molar-refractivity contribution in [3.05, 3.63) is 41.2 Å². The van der Waals surface area contributed by atoms with E-state index in [-0.39, 0.29) is 12.0 Å². The Hall–Kier alpha value is -1.68. The topological polar surface area (TPSA) is 29.5 Å². The van der Waals surface area contributed by atoms with Gasteiger partial charge in [-0.25, -0.2) is 4.39 Å². The van der Waals surface area contributed by atoms with Crippen molar-refractivity contribution >= 4 is 12.0 Å². The summed E-state index contributed by atoms with van der Waals surface area (Å²) in [5, 5.41) is 0. The van der Waals surface area contributed by atoms with Crippen LogP contribution in [0.15, 0.2) is 18.7 Å². The molecule has 3 nitrogen and oxygen atoms in total. The van der Waals surface area contributed by atoms with Crippen LogP contribution in [0.1, 0.15) is 34.3 Å². The summed E-state index contributed by atoms with van der Waals surface area (Å²) in [6, 6.07) is 2.98. The SMILES string of the molecule is C=Cc1cc(C)c(C(=O)N2CCC(OC)CC2)cc1F. The number of carbonyl (C=O) groups is 1. The van der Waals surface area contributed by atoms with E-state index in [4.69, 9.17) is 4.74 Å². The minimum absolute atomic E-state index is 0.105. The second-order valence-electron chi connectivity index (χ2n) is 5.12. The highest BCUT2D eigenvalue weighted by Crippen LogP contribution is 2.21. The Balaban J connectivity index is 2.18. The summed E-state index contributed by atoms with van der Waals surface area (Å²) in [5.74, 6) is -0.507. The first kappa shape index (κ1) is 14.7. The molecule has 1 aromatic carbocycles. The normalized spacial score (nSPS) is 16.2. The number of carbonyl (C=O) groups excluding carboxylic acids is 1. The number of methoxy groups -OCH3 is 1. The summed E-state index contributed by atoms with van der Waals surface area (Å²) >= 11 is 0. The Morgan fingerprint density at radius 2 is 2.10 bits per heavy atom. The van der Waals surface area contributed by atoms with E-state index in [1.165, 1.54) is 12.1 Å². The molecule has 0 atom stereocenters. The molecule has 1 saturated heterocycles. The fraction of sp³-hybridized carbons (Fsp3) is 0.438. The van der Waals surface area contributed by atoms with Crippen LogP contribution in [0.5, 0.6) is 0 Å². The molecule has 1 fully saturated rings. The van der Waals surface area contributed by atoms with Gasteiger partial charge in [0, 0.05) is 31.3 Å². The first-order valence-electron chi connectivity index (χ1n) is 6.81. The van der Waals surface area contributed by atoms with E-state index < -0.39 is 5.82 Å². The van der Waals surface area contributed by atoms with Crippen LogP contribution in [-0.2, 0) is 4.74 Å². The molecule has 0 unspecified atom stereocenters. The minimum Gasteiger partial charge on any atom is -0.381 e. The minimum atomic E-state index is -0.402. The first-order chi connectivity index (χ1) is 9.56. The van der Waals surface area contributed by atoms with Gasteiger partial charge >= 0.3 is 0 Å². The fourth-order valence-corrected chi connectivity index (χ4v) is 2.56. The monoisotopic (exact) mass is 277 g/mol. The van der Waals surface area contributed by atoms with Crippen molar-refractivity contribution < 1.29 is 13.9 Å². The maximum Gasteiger partial charge on any atom is 0.254 e. The van der Waals surface area contributed by atoms with Crippen LogP contribution in [-0.4, -0.2) is 37.1 Å². The predicted molar refractivity (Wildman–Crippen MR) is 77.2 cm³/mol. The molecule has 1 aliphatic rings. The fourth-order valence-electron chi connectivity index (χ4n) is 2.56. The van der Waals surface area contributed by atoms with Crippen molar-refractivity contribution in [2.75, 3.05) is 20.2 Å². The van der Waals surface area contributed by atoms with Crippen LogP contribution in [0.3, 0.4) is 0 Å². The average molecular weight is 277 g/mol. The number of rotatable bonds is 3. The summed E-state index contributed by atoms with van der Waals surface area (Å²) in [4.78, 5) is 14.2. The van der Waals surface area contributed by atoms with Gasteiger partial charge in [-0.15, -0.1) is 0 Å². The number of hydrogen-bond donors (Lipinski definition) is 0. The lowest BCUT2D eigenvalue weighted by molar-refractivity contribution is 0.0350. The molecule has 1 amide bonds. The van der Waals surface area contributed by atoms with Gasteiger partial charge in [0.15, 0.2) is 0 Å². The molecule has 0 bridgehead atoms. The van der Waals surface area contributed by atoms with Crippen molar-refractivity contribution in [2.24, 2.45) is 0 Å². The second-order valence-corrected chi connectivity index (χ2v) is 5.12. The van der Waals surface area contributed by atoms with E-state index in [0.29, 0.717) is 24.2 Å². The van der Waals surface area contributed by atoms with Crippen LogP contribution < -0.4 is 0 Å². The molecular weight excluding hydrogens is 257 g/mol. The number of halogens is 1. The number of ether oxygens (including phenoxy) is 1. The summed E-state index contributed by atoms with van der Waals surface area (Å²) in [5.41, 5.74) is 1.64. The van der Waals surface area contributed by atoms with Gasteiger partial charge in [-0.2, -0.15) is 0 Å². The molecule has 108 valence electrons. The lowest BCUT2D eigenvalue weighted by Crippen LogP contribution is -2.40. The molecule has 4 heteroatoms. The van der Waals surface area contributed by atoms with E-state index in [1.54, 1.807) is 18.1 Å². The molecule has 0 aliphatic carbocycles. The van der Waals surface area contributed by atoms with E-state index in [0.717, 1.165) is 18.4 Å². The Bertz CT molecular complexity index is 519. The van der Waals surface area contributed by atoms with E-state index in [9.17, 15) is 9.18 Å². The quantitative estimate of drug-likeness (QED) is 0.850. The number of aryl methyl sites for hydroxylation is 1. The second kappa shape index (κ2) is 6.18. The zero-order chi connectivity index (χ0) is 14.7. The van der Waals surface area contributed by atoms with Crippen molar-refractivity contribution in [3.8, 4) is 0 Å². The number of nitrogens with zero attached hydrogens (tertiary/aromatic N) is 1. The van der Waals surface area contributed by atoms with E-state index in [2.05, 4.69) is 6.58 Å². The maximum atomic E-state index is 13.8. The zero-order valence-corrected chi connectivity index (χ0v) is 12.0. The lowest BCUT2D eigenvalue weighted by atomic mass is 10.0. The highest BCUT2D eigenvalue weighted by atomic mass is 19.1. The number of piperidine rings is 1. The van der Waals surface area contributed by atoms with E-state index >= 15 is 0 Å². The van der Waals surface area contributed by atoms with Gasteiger partial charge in [0.1, 0.15) is 5.82 Å². The van der Waals surface area contributed by atoms with Gasteiger partial charge in [-0.1, -0.05) is 12.7 Å². The van der Waals surface area contributed by atoms with Gasteiger partial charge in [0.05, 0.1) is 6.10 Å². The summed E-state index contributed by atoms with van der Waals surface area (Å²) in [7, 11) is 1.69. The molecule has 1 heterocycles. The zero-order valence-electron chi connectivity index (χ0n) is 12.0. The Morgan fingerprint density at radius 3 is 2.65 bits per heavy atom. The van der Waals surface area contributed by atoms with Gasteiger partial charge in [0.25, 0.3) is 5.91 Å². The predicted octanol–water partition coefficient (Wildman–Crippen LogP) is 3.03. The molecule has 0 radical (unpaired) electrons. The van der Waals surface area contributed by atoms with E-state index in [1.807, 2.05) is 6.92 Å². The third kappa shape index (κ3) is 2.90. The largest absolute Gasteiger partial charge is 0.381 e. The Kier molecular flexibility index (Phi) is 4.55. The molecule has 1 aromatic rings. The summed E-state index contributed by atoms with van der Waals surface area (Å²) < 4.78 is 19.1. The standard InChI is InChI=1S/C16H20FNO2/c1-4-12-9-11(2)14(10-15(12)17)16(19)18-7-5-13(20-3)6-8-18/h4,9-10,13H,1,5-8H2,2-3H3. The molecule has 20 heavy (non-hydrogen) atoms.